The van der Waals surface area contributed by atoms with E-state index in [9.17, 15) is 8.42 Å². The average molecular weight is 249 g/mol. The van der Waals surface area contributed by atoms with Crippen molar-refractivity contribution in [1.29, 1.82) is 0 Å². The Morgan fingerprint density at radius 3 is 2.18 bits per heavy atom. The smallest absolute Gasteiger partial charge is 0.225 e. The Morgan fingerprint density at radius 2 is 1.82 bits per heavy atom. The molecule has 1 aromatic rings. The number of hydrogen-bond acceptors (Lipinski definition) is 2. The highest BCUT2D eigenvalue weighted by molar-refractivity contribution is 7.89. The van der Waals surface area contributed by atoms with Gasteiger partial charge in [0.1, 0.15) is 0 Å². The van der Waals surface area contributed by atoms with Gasteiger partial charge in [0.25, 0.3) is 0 Å². The third-order valence-electron chi connectivity index (χ3n) is 3.57. The molecule has 1 aliphatic rings. The Hall–Kier alpha value is -1.31. The third kappa shape index (κ3) is 1.97. The first-order valence-corrected chi connectivity index (χ1v) is 6.92. The summed E-state index contributed by atoms with van der Waals surface area (Å²) in [5.41, 5.74) is 1.17. The number of benzene rings is 1. The number of terminal acetylenes is 1. The number of sulfonamides is 1. The highest BCUT2D eigenvalue weighted by Gasteiger charge is 2.57. The Kier molecular flexibility index (Phi) is 2.57. The summed E-state index contributed by atoms with van der Waals surface area (Å²) < 4.78 is 22.2. The zero-order valence-corrected chi connectivity index (χ0v) is 10.7. The van der Waals surface area contributed by atoms with E-state index in [1.807, 2.05) is 0 Å². The molecule has 3 nitrogen and oxygen atoms in total. The molecule has 90 valence electrons. The minimum Gasteiger partial charge on any atom is -0.225 e. The lowest BCUT2D eigenvalue weighted by Crippen LogP contribution is -2.11. The van der Waals surface area contributed by atoms with Gasteiger partial charge >= 0.3 is 0 Å². The lowest BCUT2D eigenvalue weighted by Gasteiger charge is -2.04. The van der Waals surface area contributed by atoms with Crippen LogP contribution in [0, 0.1) is 23.7 Å². The van der Waals surface area contributed by atoms with E-state index >= 15 is 0 Å². The first-order valence-electron chi connectivity index (χ1n) is 5.37. The number of rotatable bonds is 2. The van der Waals surface area contributed by atoms with Crippen molar-refractivity contribution >= 4 is 10.0 Å². The van der Waals surface area contributed by atoms with Crippen LogP contribution in [0.4, 0.5) is 0 Å². The fourth-order valence-electron chi connectivity index (χ4n) is 2.44. The average Bonchev–Trinajstić information content (AvgIpc) is 2.79. The predicted octanol–water partition coefficient (Wildman–Crippen LogP) is 1.71. The van der Waals surface area contributed by atoms with Crippen LogP contribution >= 0.6 is 0 Å². The van der Waals surface area contributed by atoms with E-state index in [-0.39, 0.29) is 16.2 Å². The fraction of sp³-hybridized carbons (Fsp3) is 0.385. The van der Waals surface area contributed by atoms with Gasteiger partial charge in [-0.3, -0.25) is 0 Å². The van der Waals surface area contributed by atoms with Gasteiger partial charge in [-0.2, -0.15) is 0 Å². The largest absolute Gasteiger partial charge is 0.238 e. The summed E-state index contributed by atoms with van der Waals surface area (Å²) in [6, 6.07) is 6.66. The van der Waals surface area contributed by atoms with Crippen molar-refractivity contribution in [3.8, 4) is 12.3 Å². The molecule has 0 aliphatic heterocycles. The molecule has 0 aromatic heterocycles. The van der Waals surface area contributed by atoms with Gasteiger partial charge in [0.15, 0.2) is 0 Å². The first kappa shape index (κ1) is 12.2. The summed E-state index contributed by atoms with van der Waals surface area (Å²) in [7, 11) is -3.61. The van der Waals surface area contributed by atoms with E-state index in [4.69, 9.17) is 11.6 Å². The van der Waals surface area contributed by atoms with E-state index < -0.39 is 10.0 Å². The summed E-state index contributed by atoms with van der Waals surface area (Å²) in [6.45, 7) is 4.24. The monoisotopic (exact) mass is 249 g/mol. The Labute approximate surface area is 102 Å². The summed E-state index contributed by atoms with van der Waals surface area (Å²) >= 11 is 0. The molecule has 2 atom stereocenters. The second kappa shape index (κ2) is 3.59. The SMILES string of the molecule is C#C[C@@H]1[C@@H](c2ccc(S(N)(=O)=O)cc2)C1(C)C. The maximum atomic E-state index is 11.1. The minimum absolute atomic E-state index is 0.0951. The topological polar surface area (TPSA) is 60.2 Å². The molecule has 17 heavy (non-hydrogen) atoms. The first-order chi connectivity index (χ1) is 7.78. The van der Waals surface area contributed by atoms with E-state index in [1.54, 1.807) is 12.1 Å². The van der Waals surface area contributed by atoms with Crippen LogP contribution in [0.2, 0.25) is 0 Å². The maximum Gasteiger partial charge on any atom is 0.238 e. The van der Waals surface area contributed by atoms with Gasteiger partial charge in [-0.15, -0.1) is 12.3 Å². The van der Waals surface area contributed by atoms with Crippen LogP contribution in [0.3, 0.4) is 0 Å². The van der Waals surface area contributed by atoms with Crippen molar-refractivity contribution in [2.24, 2.45) is 16.5 Å². The molecule has 1 fully saturated rings. The molecule has 0 amide bonds. The molecular weight excluding hydrogens is 234 g/mol. The molecule has 2 N–H and O–H groups in total. The second-order valence-electron chi connectivity index (χ2n) is 5.06. The van der Waals surface area contributed by atoms with Crippen LogP contribution in [0.5, 0.6) is 0 Å². The standard InChI is InChI=1S/C13H15NO2S/c1-4-11-12(13(11,2)3)9-5-7-10(8-6-9)17(14,15)16/h1,5-8,11-12H,2-3H3,(H2,14,15,16)/t11-,12-/m1/s1. The summed E-state index contributed by atoms with van der Waals surface area (Å²) in [4.78, 5) is 0.136. The highest BCUT2D eigenvalue weighted by atomic mass is 32.2. The number of nitrogens with two attached hydrogens (primary N) is 1. The molecule has 2 rings (SSSR count). The zero-order valence-electron chi connectivity index (χ0n) is 9.84. The van der Waals surface area contributed by atoms with Gasteiger partial charge in [0.05, 0.1) is 4.90 Å². The third-order valence-corrected chi connectivity index (χ3v) is 4.50. The van der Waals surface area contributed by atoms with Crippen molar-refractivity contribution in [1.82, 2.24) is 0 Å². The number of primary sulfonamides is 1. The predicted molar refractivity (Wildman–Crippen MR) is 66.7 cm³/mol. The van der Waals surface area contributed by atoms with Gasteiger partial charge < -0.3 is 0 Å². The molecule has 1 saturated carbocycles. The van der Waals surface area contributed by atoms with E-state index in [2.05, 4.69) is 19.8 Å². The molecule has 4 heteroatoms. The Balaban J connectivity index is 2.31. The molecule has 0 heterocycles. The Morgan fingerprint density at radius 1 is 1.29 bits per heavy atom. The normalized spacial score (nSPS) is 26.2. The summed E-state index contributed by atoms with van der Waals surface area (Å²) in [5, 5.41) is 5.05. The molecule has 0 bridgehead atoms. The van der Waals surface area contributed by atoms with Crippen LogP contribution in [0.1, 0.15) is 25.3 Å². The lowest BCUT2D eigenvalue weighted by atomic mass is 10.0. The quantitative estimate of drug-likeness (QED) is 0.811. The van der Waals surface area contributed by atoms with Crippen LogP contribution in [-0.4, -0.2) is 8.42 Å². The van der Waals surface area contributed by atoms with Crippen LogP contribution in [-0.2, 0) is 10.0 Å². The van der Waals surface area contributed by atoms with Crippen molar-refractivity contribution in [3.63, 3.8) is 0 Å². The minimum atomic E-state index is -3.61. The molecule has 0 spiro atoms. The van der Waals surface area contributed by atoms with Crippen LogP contribution in [0.25, 0.3) is 0 Å². The van der Waals surface area contributed by atoms with Crippen LogP contribution < -0.4 is 5.14 Å². The molecule has 0 radical (unpaired) electrons. The summed E-state index contributed by atoms with van der Waals surface area (Å²) in [5.74, 6) is 3.31. The van der Waals surface area contributed by atoms with Gasteiger partial charge in [-0.1, -0.05) is 26.0 Å². The van der Waals surface area contributed by atoms with Crippen molar-refractivity contribution < 1.29 is 8.42 Å². The molecule has 1 aromatic carbocycles. The van der Waals surface area contributed by atoms with Gasteiger partial charge in [0.2, 0.25) is 10.0 Å². The highest BCUT2D eigenvalue weighted by Crippen LogP contribution is 2.63. The summed E-state index contributed by atoms with van der Waals surface area (Å²) in [6.07, 6.45) is 5.47. The maximum absolute atomic E-state index is 11.1. The van der Waals surface area contributed by atoms with Gasteiger partial charge in [0, 0.05) is 11.8 Å². The second-order valence-corrected chi connectivity index (χ2v) is 6.62. The van der Waals surface area contributed by atoms with E-state index in [1.165, 1.54) is 12.1 Å². The van der Waals surface area contributed by atoms with Crippen molar-refractivity contribution in [2.75, 3.05) is 0 Å². The van der Waals surface area contributed by atoms with Gasteiger partial charge in [-0.25, -0.2) is 13.6 Å². The Bertz CT molecular complexity index is 579. The molecule has 0 unspecified atom stereocenters. The van der Waals surface area contributed by atoms with E-state index in [0.29, 0.717) is 5.92 Å². The van der Waals surface area contributed by atoms with Gasteiger partial charge in [-0.05, 0) is 23.1 Å². The van der Waals surface area contributed by atoms with Crippen LogP contribution in [0.15, 0.2) is 29.2 Å². The molecular formula is C13H15NO2S. The molecule has 0 saturated heterocycles. The van der Waals surface area contributed by atoms with Crippen molar-refractivity contribution in [3.05, 3.63) is 29.8 Å². The van der Waals surface area contributed by atoms with Crippen molar-refractivity contribution in [2.45, 2.75) is 24.7 Å². The number of hydrogen-bond donors (Lipinski definition) is 1. The van der Waals surface area contributed by atoms with E-state index in [0.717, 1.165) is 5.56 Å². The fourth-order valence-corrected chi connectivity index (χ4v) is 2.95. The molecule has 1 aliphatic carbocycles. The zero-order chi connectivity index (χ0) is 12.8. The lowest BCUT2D eigenvalue weighted by molar-refractivity contribution is 0.596.